The third kappa shape index (κ3) is 5.33. The minimum atomic E-state index is 0.0472. The molecule has 1 nitrogen and oxygen atoms in total. The van der Waals surface area contributed by atoms with Crippen LogP contribution in [0, 0.1) is 17.3 Å². The molecule has 134 valence electrons. The van der Waals surface area contributed by atoms with E-state index in [1.165, 1.54) is 115 Å². The molecular formula is C22H40O. The van der Waals surface area contributed by atoms with Crippen molar-refractivity contribution in [3.05, 3.63) is 0 Å². The standard InChI is InChI=1S/C22H40O/c1-2-3-4-5-6-13-18-22(19-23,20-14-9-7-10-15-20)21-16-11-8-12-17-21/h19-21H,2-18H2,1H3. The van der Waals surface area contributed by atoms with Crippen molar-refractivity contribution < 1.29 is 4.79 Å². The summed E-state index contributed by atoms with van der Waals surface area (Å²) >= 11 is 0. The van der Waals surface area contributed by atoms with E-state index in [2.05, 4.69) is 6.92 Å². The monoisotopic (exact) mass is 320 g/mol. The Morgan fingerprint density at radius 2 is 1.22 bits per heavy atom. The van der Waals surface area contributed by atoms with Crippen molar-refractivity contribution in [3.63, 3.8) is 0 Å². The first-order chi connectivity index (χ1) is 11.3. The summed E-state index contributed by atoms with van der Waals surface area (Å²) in [4.78, 5) is 12.4. The van der Waals surface area contributed by atoms with E-state index in [4.69, 9.17) is 0 Å². The van der Waals surface area contributed by atoms with Gasteiger partial charge in [-0.15, -0.1) is 0 Å². The van der Waals surface area contributed by atoms with Gasteiger partial charge in [-0.05, 0) is 43.9 Å². The average molecular weight is 321 g/mol. The molecule has 0 bridgehead atoms. The highest BCUT2D eigenvalue weighted by Crippen LogP contribution is 2.50. The van der Waals surface area contributed by atoms with E-state index in [1.807, 2.05) is 0 Å². The maximum Gasteiger partial charge on any atom is 0.126 e. The molecule has 0 heterocycles. The highest BCUT2D eigenvalue weighted by molar-refractivity contribution is 5.60. The van der Waals surface area contributed by atoms with Crippen LogP contribution in [-0.2, 0) is 4.79 Å². The first-order valence-corrected chi connectivity index (χ1v) is 10.8. The van der Waals surface area contributed by atoms with Gasteiger partial charge in [-0.1, -0.05) is 84.0 Å². The molecule has 23 heavy (non-hydrogen) atoms. The van der Waals surface area contributed by atoms with Gasteiger partial charge in [0.25, 0.3) is 0 Å². The fraction of sp³-hybridized carbons (Fsp3) is 0.955. The van der Waals surface area contributed by atoms with Gasteiger partial charge in [0.05, 0.1) is 0 Å². The first kappa shape index (κ1) is 19.0. The Hall–Kier alpha value is -0.330. The van der Waals surface area contributed by atoms with Crippen LogP contribution in [0.2, 0.25) is 0 Å². The Morgan fingerprint density at radius 1 is 0.739 bits per heavy atom. The van der Waals surface area contributed by atoms with E-state index in [0.717, 1.165) is 0 Å². The molecule has 2 saturated carbocycles. The Balaban J connectivity index is 1.95. The number of hydrogen-bond acceptors (Lipinski definition) is 1. The molecule has 0 unspecified atom stereocenters. The van der Waals surface area contributed by atoms with Crippen LogP contribution in [-0.4, -0.2) is 6.29 Å². The average Bonchev–Trinajstić information content (AvgIpc) is 2.63. The van der Waals surface area contributed by atoms with Crippen LogP contribution in [0.15, 0.2) is 0 Å². The third-order valence-electron chi connectivity index (χ3n) is 6.91. The van der Waals surface area contributed by atoms with Gasteiger partial charge in [0.15, 0.2) is 0 Å². The van der Waals surface area contributed by atoms with E-state index in [9.17, 15) is 4.79 Å². The lowest BCUT2D eigenvalue weighted by molar-refractivity contribution is -0.126. The summed E-state index contributed by atoms with van der Waals surface area (Å²) in [6.07, 6.45) is 24.3. The van der Waals surface area contributed by atoms with Crippen molar-refractivity contribution in [2.45, 2.75) is 116 Å². The number of rotatable bonds is 10. The van der Waals surface area contributed by atoms with Crippen LogP contribution in [0.5, 0.6) is 0 Å². The van der Waals surface area contributed by atoms with E-state index in [-0.39, 0.29) is 5.41 Å². The normalized spacial score (nSPS) is 21.4. The molecule has 0 N–H and O–H groups in total. The second-order valence-corrected chi connectivity index (χ2v) is 8.42. The van der Waals surface area contributed by atoms with Crippen molar-refractivity contribution in [1.82, 2.24) is 0 Å². The first-order valence-electron chi connectivity index (χ1n) is 10.8. The quantitative estimate of drug-likeness (QED) is 0.310. The molecule has 1 heteroatoms. The SMILES string of the molecule is CCCCCCCCC(C=O)(C1CCCCC1)C1CCCCC1. The van der Waals surface area contributed by atoms with Gasteiger partial charge < -0.3 is 4.79 Å². The summed E-state index contributed by atoms with van der Waals surface area (Å²) in [6.45, 7) is 2.28. The maximum atomic E-state index is 12.4. The summed E-state index contributed by atoms with van der Waals surface area (Å²) in [5.74, 6) is 1.40. The minimum Gasteiger partial charge on any atom is -0.303 e. The molecule has 2 aliphatic rings. The summed E-state index contributed by atoms with van der Waals surface area (Å²) in [5, 5.41) is 0. The van der Waals surface area contributed by atoms with E-state index < -0.39 is 0 Å². The molecule has 2 aliphatic carbocycles. The number of unbranched alkanes of at least 4 members (excludes halogenated alkanes) is 5. The number of hydrogen-bond donors (Lipinski definition) is 0. The van der Waals surface area contributed by atoms with Gasteiger partial charge in [0.1, 0.15) is 6.29 Å². The molecule has 0 spiro atoms. The van der Waals surface area contributed by atoms with E-state index in [0.29, 0.717) is 11.8 Å². The van der Waals surface area contributed by atoms with Crippen LogP contribution in [0.25, 0.3) is 0 Å². The molecule has 0 radical (unpaired) electrons. The van der Waals surface area contributed by atoms with Gasteiger partial charge in [0, 0.05) is 5.41 Å². The number of carbonyl (C=O) groups is 1. The maximum absolute atomic E-state index is 12.4. The Morgan fingerprint density at radius 3 is 1.70 bits per heavy atom. The van der Waals surface area contributed by atoms with Gasteiger partial charge in [-0.25, -0.2) is 0 Å². The fourth-order valence-electron chi connectivity index (χ4n) is 5.48. The van der Waals surface area contributed by atoms with Gasteiger partial charge in [0.2, 0.25) is 0 Å². The molecule has 0 aliphatic heterocycles. The van der Waals surface area contributed by atoms with Crippen molar-refractivity contribution in [2.75, 3.05) is 0 Å². The summed E-state index contributed by atoms with van der Waals surface area (Å²) in [5.41, 5.74) is 0.0472. The number of aldehydes is 1. The van der Waals surface area contributed by atoms with E-state index in [1.54, 1.807) is 0 Å². The molecule has 0 amide bonds. The van der Waals surface area contributed by atoms with Crippen LogP contribution in [0.4, 0.5) is 0 Å². The van der Waals surface area contributed by atoms with Crippen molar-refractivity contribution in [2.24, 2.45) is 17.3 Å². The lowest BCUT2D eigenvalue weighted by atomic mass is 9.57. The lowest BCUT2D eigenvalue weighted by Crippen LogP contribution is -2.41. The second kappa shape index (κ2) is 10.5. The summed E-state index contributed by atoms with van der Waals surface area (Å²) in [7, 11) is 0. The zero-order valence-corrected chi connectivity index (χ0v) is 15.7. The molecule has 2 fully saturated rings. The zero-order valence-electron chi connectivity index (χ0n) is 15.7. The molecule has 0 aromatic rings. The molecule has 2 rings (SSSR count). The van der Waals surface area contributed by atoms with E-state index >= 15 is 0 Å². The molecular weight excluding hydrogens is 280 g/mol. The number of carbonyl (C=O) groups excluding carboxylic acids is 1. The Kier molecular flexibility index (Phi) is 8.69. The third-order valence-corrected chi connectivity index (χ3v) is 6.91. The van der Waals surface area contributed by atoms with Gasteiger partial charge >= 0.3 is 0 Å². The topological polar surface area (TPSA) is 17.1 Å². The smallest absolute Gasteiger partial charge is 0.126 e. The Labute approximate surface area is 145 Å². The molecule has 0 saturated heterocycles. The van der Waals surface area contributed by atoms with Crippen LogP contribution >= 0.6 is 0 Å². The van der Waals surface area contributed by atoms with Crippen molar-refractivity contribution in [1.29, 1.82) is 0 Å². The van der Waals surface area contributed by atoms with Crippen LogP contribution in [0.3, 0.4) is 0 Å². The molecule has 0 aromatic carbocycles. The Bertz CT molecular complexity index is 292. The molecule has 0 atom stereocenters. The largest absolute Gasteiger partial charge is 0.303 e. The predicted molar refractivity (Wildman–Crippen MR) is 99.6 cm³/mol. The van der Waals surface area contributed by atoms with Crippen LogP contribution in [0.1, 0.15) is 116 Å². The van der Waals surface area contributed by atoms with Gasteiger partial charge in [-0.2, -0.15) is 0 Å². The highest BCUT2D eigenvalue weighted by atomic mass is 16.1. The highest BCUT2D eigenvalue weighted by Gasteiger charge is 2.44. The zero-order chi connectivity index (χ0) is 16.4. The summed E-state index contributed by atoms with van der Waals surface area (Å²) in [6, 6.07) is 0. The minimum absolute atomic E-state index is 0.0472. The lowest BCUT2D eigenvalue weighted by Gasteiger charge is -2.46. The van der Waals surface area contributed by atoms with Crippen molar-refractivity contribution >= 4 is 6.29 Å². The van der Waals surface area contributed by atoms with Crippen LogP contribution < -0.4 is 0 Å². The molecule has 0 aromatic heterocycles. The van der Waals surface area contributed by atoms with Crippen molar-refractivity contribution in [3.8, 4) is 0 Å². The summed E-state index contributed by atoms with van der Waals surface area (Å²) < 4.78 is 0. The second-order valence-electron chi connectivity index (χ2n) is 8.42. The van der Waals surface area contributed by atoms with Gasteiger partial charge in [-0.3, -0.25) is 0 Å². The predicted octanol–water partition coefficient (Wildman–Crippen LogP) is 7.08. The fourth-order valence-corrected chi connectivity index (χ4v) is 5.48.